The van der Waals surface area contributed by atoms with Crippen LogP contribution in [0.25, 0.3) is 16.7 Å². The third-order valence-electron chi connectivity index (χ3n) is 5.92. The summed E-state index contributed by atoms with van der Waals surface area (Å²) in [5, 5.41) is 0. The minimum atomic E-state index is -3.60. The van der Waals surface area contributed by atoms with Crippen molar-refractivity contribution < 1.29 is 8.42 Å². The molecule has 4 aromatic carbocycles. The smallest absolute Gasteiger partial charge is 0.206 e. The molecule has 1 heterocycles. The summed E-state index contributed by atoms with van der Waals surface area (Å²) in [6.07, 6.45) is 8.01. The van der Waals surface area contributed by atoms with Crippen molar-refractivity contribution in [2.45, 2.75) is 9.79 Å². The standard InChI is InChI=1S/C30H22BrNO2S/c1-22-8-6-7-21-32(29-11-4-2-9-27(22)29)30-12-5-3-10-28(30)23-13-17-25(18-14-23)35(33,34)26-19-15-24(31)16-20-26/h2-21H,1H2/b8-6-,21-7-. The van der Waals surface area contributed by atoms with E-state index in [1.165, 1.54) is 0 Å². The Hall–Kier alpha value is -3.67. The minimum absolute atomic E-state index is 0.263. The number of fused-ring (bicyclic) bond motifs is 1. The first-order valence-corrected chi connectivity index (χ1v) is 13.4. The van der Waals surface area contributed by atoms with Gasteiger partial charge in [0.15, 0.2) is 0 Å². The third kappa shape index (κ3) is 4.53. The fourth-order valence-corrected chi connectivity index (χ4v) is 5.66. The first kappa shape index (κ1) is 23.1. The van der Waals surface area contributed by atoms with Crippen molar-refractivity contribution in [3.05, 3.63) is 138 Å². The summed E-state index contributed by atoms with van der Waals surface area (Å²) in [4.78, 5) is 2.68. The van der Waals surface area contributed by atoms with E-state index in [0.717, 1.165) is 38.1 Å². The van der Waals surface area contributed by atoms with Gasteiger partial charge in [-0.3, -0.25) is 0 Å². The second-order valence-corrected chi connectivity index (χ2v) is 11.0. The lowest BCUT2D eigenvalue weighted by molar-refractivity contribution is 0.596. The van der Waals surface area contributed by atoms with Crippen molar-refractivity contribution in [1.82, 2.24) is 0 Å². The van der Waals surface area contributed by atoms with Crippen LogP contribution in [0.5, 0.6) is 0 Å². The Kier molecular flexibility index (Phi) is 6.29. The number of benzene rings is 4. The number of para-hydroxylation sites is 2. The van der Waals surface area contributed by atoms with E-state index in [1.807, 2.05) is 66.9 Å². The Morgan fingerprint density at radius 2 is 1.20 bits per heavy atom. The number of nitrogens with zero attached hydrogens (tertiary/aromatic N) is 1. The summed E-state index contributed by atoms with van der Waals surface area (Å²) >= 11 is 3.35. The highest BCUT2D eigenvalue weighted by Crippen LogP contribution is 2.39. The largest absolute Gasteiger partial charge is 0.316 e. The predicted octanol–water partition coefficient (Wildman–Crippen LogP) is 8.18. The maximum Gasteiger partial charge on any atom is 0.206 e. The molecule has 1 aliphatic rings. The fourth-order valence-electron chi connectivity index (χ4n) is 4.13. The van der Waals surface area contributed by atoms with Crippen molar-refractivity contribution >= 4 is 42.7 Å². The normalized spacial score (nSPS) is 15.1. The van der Waals surface area contributed by atoms with Crippen LogP contribution >= 0.6 is 15.9 Å². The topological polar surface area (TPSA) is 37.4 Å². The molecule has 0 spiro atoms. The molecule has 0 aromatic heterocycles. The average molecular weight is 540 g/mol. The van der Waals surface area contributed by atoms with Crippen molar-refractivity contribution in [3.63, 3.8) is 0 Å². The molecule has 0 unspecified atom stereocenters. The van der Waals surface area contributed by atoms with Crippen LogP contribution in [0.1, 0.15) is 5.56 Å². The lowest BCUT2D eigenvalue weighted by Gasteiger charge is -2.27. The SMILES string of the molecule is C=C1/C=C\C=C/N(c2ccccc2-c2ccc(S(=O)(=O)c3ccc(Br)cc3)cc2)c2ccccc21. The summed E-state index contributed by atoms with van der Waals surface area (Å²) in [5.41, 5.74) is 5.93. The van der Waals surface area contributed by atoms with Crippen molar-refractivity contribution in [3.8, 4) is 11.1 Å². The summed E-state index contributed by atoms with van der Waals surface area (Å²) in [5.74, 6) is 0. The summed E-state index contributed by atoms with van der Waals surface area (Å²) in [6.45, 7) is 4.22. The minimum Gasteiger partial charge on any atom is -0.316 e. The average Bonchev–Trinajstić information content (AvgIpc) is 2.88. The van der Waals surface area contributed by atoms with Crippen LogP contribution in [0.4, 0.5) is 11.4 Å². The molecule has 0 bridgehead atoms. The van der Waals surface area contributed by atoms with E-state index < -0.39 is 9.84 Å². The van der Waals surface area contributed by atoms with Gasteiger partial charge in [-0.05, 0) is 65.7 Å². The number of sulfone groups is 1. The maximum absolute atomic E-state index is 13.1. The molecule has 172 valence electrons. The first-order valence-electron chi connectivity index (χ1n) is 11.1. The zero-order chi connectivity index (χ0) is 24.4. The van der Waals surface area contributed by atoms with Gasteiger partial charge in [0.05, 0.1) is 21.2 Å². The fraction of sp³-hybridized carbons (Fsp3) is 0. The van der Waals surface area contributed by atoms with Gasteiger partial charge in [-0.15, -0.1) is 0 Å². The van der Waals surface area contributed by atoms with E-state index in [4.69, 9.17) is 0 Å². The van der Waals surface area contributed by atoms with Gasteiger partial charge in [0.25, 0.3) is 0 Å². The molecule has 0 amide bonds. The lowest BCUT2D eigenvalue weighted by atomic mass is 9.99. The number of hydrogen-bond donors (Lipinski definition) is 0. The Bertz CT molecular complexity index is 1570. The van der Waals surface area contributed by atoms with Crippen molar-refractivity contribution in [2.24, 2.45) is 0 Å². The van der Waals surface area contributed by atoms with Crippen LogP contribution in [-0.2, 0) is 9.84 Å². The van der Waals surface area contributed by atoms with Crippen LogP contribution in [0, 0.1) is 0 Å². The zero-order valence-corrected chi connectivity index (χ0v) is 21.2. The van der Waals surface area contributed by atoms with Gasteiger partial charge in [-0.25, -0.2) is 8.42 Å². The highest BCUT2D eigenvalue weighted by Gasteiger charge is 2.19. The number of rotatable bonds is 4. The van der Waals surface area contributed by atoms with Gasteiger partial charge in [0, 0.05) is 21.8 Å². The lowest BCUT2D eigenvalue weighted by Crippen LogP contribution is -2.12. The Balaban J connectivity index is 1.57. The summed E-state index contributed by atoms with van der Waals surface area (Å²) in [7, 11) is -3.60. The van der Waals surface area contributed by atoms with Crippen LogP contribution in [0.15, 0.2) is 142 Å². The van der Waals surface area contributed by atoms with Crippen LogP contribution in [0.2, 0.25) is 0 Å². The summed E-state index contributed by atoms with van der Waals surface area (Å²) < 4.78 is 27.0. The molecule has 5 heteroatoms. The van der Waals surface area contributed by atoms with E-state index in [1.54, 1.807) is 36.4 Å². The molecular formula is C30H22BrNO2S. The molecule has 35 heavy (non-hydrogen) atoms. The maximum atomic E-state index is 13.1. The number of hydrogen-bond acceptors (Lipinski definition) is 3. The van der Waals surface area contributed by atoms with Gasteiger partial charge < -0.3 is 4.90 Å². The molecule has 0 fully saturated rings. The number of halogens is 1. The van der Waals surface area contributed by atoms with Gasteiger partial charge in [-0.1, -0.05) is 83.2 Å². The third-order valence-corrected chi connectivity index (χ3v) is 8.23. The van der Waals surface area contributed by atoms with E-state index >= 15 is 0 Å². The quantitative estimate of drug-likeness (QED) is 0.262. The molecule has 0 saturated heterocycles. The molecule has 1 aliphatic heterocycles. The molecule has 3 nitrogen and oxygen atoms in total. The van der Waals surface area contributed by atoms with Crippen LogP contribution < -0.4 is 4.90 Å². The molecule has 0 N–H and O–H groups in total. The Labute approximate surface area is 214 Å². The molecule has 0 atom stereocenters. The van der Waals surface area contributed by atoms with Gasteiger partial charge >= 0.3 is 0 Å². The Morgan fingerprint density at radius 1 is 0.657 bits per heavy atom. The second-order valence-electron chi connectivity index (χ2n) is 8.11. The van der Waals surface area contributed by atoms with Gasteiger partial charge in [-0.2, -0.15) is 0 Å². The molecular weight excluding hydrogens is 518 g/mol. The van der Waals surface area contributed by atoms with E-state index in [2.05, 4.69) is 45.6 Å². The Morgan fingerprint density at radius 3 is 1.86 bits per heavy atom. The molecule has 4 aromatic rings. The first-order chi connectivity index (χ1) is 16.9. The van der Waals surface area contributed by atoms with Crippen LogP contribution in [-0.4, -0.2) is 8.42 Å². The van der Waals surface area contributed by atoms with Crippen molar-refractivity contribution in [2.75, 3.05) is 4.90 Å². The highest BCUT2D eigenvalue weighted by atomic mass is 79.9. The van der Waals surface area contributed by atoms with E-state index in [-0.39, 0.29) is 9.79 Å². The molecule has 0 aliphatic carbocycles. The highest BCUT2D eigenvalue weighted by molar-refractivity contribution is 9.10. The predicted molar refractivity (Wildman–Crippen MR) is 147 cm³/mol. The number of allylic oxidation sites excluding steroid dienone is 4. The molecule has 0 saturated carbocycles. The van der Waals surface area contributed by atoms with Crippen LogP contribution in [0.3, 0.4) is 0 Å². The van der Waals surface area contributed by atoms with Gasteiger partial charge in [0.1, 0.15) is 0 Å². The van der Waals surface area contributed by atoms with E-state index in [9.17, 15) is 8.42 Å². The van der Waals surface area contributed by atoms with E-state index in [0.29, 0.717) is 0 Å². The zero-order valence-electron chi connectivity index (χ0n) is 18.8. The van der Waals surface area contributed by atoms with Gasteiger partial charge in [0.2, 0.25) is 9.84 Å². The molecule has 5 rings (SSSR count). The summed E-state index contributed by atoms with van der Waals surface area (Å²) in [6, 6.07) is 30.0. The number of anilines is 2. The van der Waals surface area contributed by atoms with Crippen molar-refractivity contribution in [1.29, 1.82) is 0 Å². The molecule has 0 radical (unpaired) electrons. The second kappa shape index (κ2) is 9.53. The monoisotopic (exact) mass is 539 g/mol.